The number of ether oxygens (including phenoxy) is 1. The Morgan fingerprint density at radius 3 is 2.51 bits per heavy atom. The quantitative estimate of drug-likeness (QED) is 0.274. The van der Waals surface area contributed by atoms with Crippen LogP contribution in [0.3, 0.4) is 0 Å². The van der Waals surface area contributed by atoms with Crippen LogP contribution in [0.2, 0.25) is 0 Å². The van der Waals surface area contributed by atoms with Crippen LogP contribution in [0.5, 0.6) is 5.75 Å². The average molecular weight is 474 g/mol. The van der Waals surface area contributed by atoms with Crippen molar-refractivity contribution >= 4 is 17.4 Å². The summed E-state index contributed by atoms with van der Waals surface area (Å²) in [6.07, 6.45) is 1.50. The molecule has 4 rings (SSSR count). The first-order chi connectivity index (χ1) is 16.6. The lowest BCUT2D eigenvalue weighted by Gasteiger charge is -2.24. The van der Waals surface area contributed by atoms with E-state index in [-0.39, 0.29) is 23.3 Å². The van der Waals surface area contributed by atoms with Gasteiger partial charge in [-0.25, -0.2) is 0 Å². The molecule has 0 spiro atoms. The van der Waals surface area contributed by atoms with Crippen LogP contribution in [0.4, 0.5) is 0 Å². The van der Waals surface area contributed by atoms with Gasteiger partial charge in [0, 0.05) is 12.1 Å². The van der Waals surface area contributed by atoms with Crippen molar-refractivity contribution in [1.82, 2.24) is 4.90 Å². The molecule has 1 aliphatic rings. The molecule has 1 aromatic heterocycles. The van der Waals surface area contributed by atoms with E-state index >= 15 is 0 Å². The van der Waals surface area contributed by atoms with E-state index in [1.54, 1.807) is 12.1 Å². The standard InChI is InChI=1S/C29H31NO5/c1-6-34-21-10-7-9-19(15-21)17-30-25(23-11-8-14-35-23)24(27(32)28(30)33)26(31)22-16-20(29(3,4)5)13-12-18(22)2/h7-16,25,31H,6,17H2,1-5H3/b26-24+. The largest absolute Gasteiger partial charge is 0.507 e. The lowest BCUT2D eigenvalue weighted by Crippen LogP contribution is -2.29. The number of furan rings is 1. The van der Waals surface area contributed by atoms with Gasteiger partial charge in [0.2, 0.25) is 0 Å². The fourth-order valence-electron chi connectivity index (χ4n) is 4.37. The molecule has 2 aromatic carbocycles. The van der Waals surface area contributed by atoms with Crippen LogP contribution < -0.4 is 4.74 Å². The Hall–Kier alpha value is -3.80. The predicted octanol–water partition coefficient (Wildman–Crippen LogP) is 5.91. The van der Waals surface area contributed by atoms with Crippen LogP contribution in [-0.2, 0) is 21.5 Å². The van der Waals surface area contributed by atoms with Crippen molar-refractivity contribution in [3.8, 4) is 5.75 Å². The Labute approximate surface area is 205 Å². The smallest absolute Gasteiger partial charge is 0.296 e. The van der Waals surface area contributed by atoms with Gasteiger partial charge in [-0.2, -0.15) is 0 Å². The van der Waals surface area contributed by atoms with Crippen molar-refractivity contribution in [2.75, 3.05) is 6.61 Å². The van der Waals surface area contributed by atoms with Crippen LogP contribution in [0, 0.1) is 6.92 Å². The predicted molar refractivity (Wildman–Crippen MR) is 134 cm³/mol. The van der Waals surface area contributed by atoms with Crippen LogP contribution in [-0.4, -0.2) is 28.3 Å². The summed E-state index contributed by atoms with van der Waals surface area (Å²) in [5, 5.41) is 11.5. The molecule has 2 heterocycles. The van der Waals surface area contributed by atoms with Crippen molar-refractivity contribution in [3.63, 3.8) is 0 Å². The first-order valence-corrected chi connectivity index (χ1v) is 11.8. The molecule has 1 atom stereocenters. The number of aryl methyl sites for hydroxylation is 1. The molecule has 0 bridgehead atoms. The van der Waals surface area contributed by atoms with E-state index in [1.807, 2.05) is 56.3 Å². The summed E-state index contributed by atoms with van der Waals surface area (Å²) in [4.78, 5) is 28.0. The fourth-order valence-corrected chi connectivity index (χ4v) is 4.37. The molecule has 6 nitrogen and oxygen atoms in total. The van der Waals surface area contributed by atoms with Gasteiger partial charge in [-0.3, -0.25) is 9.59 Å². The minimum absolute atomic E-state index is 0.0278. The fraction of sp³-hybridized carbons (Fsp3) is 0.310. The highest BCUT2D eigenvalue weighted by Crippen LogP contribution is 2.41. The van der Waals surface area contributed by atoms with Gasteiger partial charge in [0.15, 0.2) is 0 Å². The minimum atomic E-state index is -0.849. The van der Waals surface area contributed by atoms with Gasteiger partial charge < -0.3 is 19.2 Å². The van der Waals surface area contributed by atoms with E-state index in [9.17, 15) is 14.7 Å². The maximum atomic E-state index is 13.3. The Morgan fingerprint density at radius 1 is 1.09 bits per heavy atom. The number of nitrogens with zero attached hydrogens (tertiary/aromatic N) is 1. The molecule has 1 fully saturated rings. The number of carbonyl (C=O) groups is 2. The van der Waals surface area contributed by atoms with Crippen molar-refractivity contribution in [1.29, 1.82) is 0 Å². The monoisotopic (exact) mass is 473 g/mol. The maximum Gasteiger partial charge on any atom is 0.296 e. The normalized spacial score (nSPS) is 17.7. The molecular formula is C29H31NO5. The highest BCUT2D eigenvalue weighted by atomic mass is 16.5. The summed E-state index contributed by atoms with van der Waals surface area (Å²) in [7, 11) is 0. The van der Waals surface area contributed by atoms with Gasteiger partial charge in [0.05, 0.1) is 18.4 Å². The molecular weight excluding hydrogens is 442 g/mol. The molecule has 0 saturated carbocycles. The highest BCUT2D eigenvalue weighted by molar-refractivity contribution is 6.46. The van der Waals surface area contributed by atoms with Crippen molar-refractivity contribution in [3.05, 3.63) is 94.4 Å². The van der Waals surface area contributed by atoms with Gasteiger partial charge in [-0.05, 0) is 66.3 Å². The van der Waals surface area contributed by atoms with E-state index < -0.39 is 17.7 Å². The third-order valence-electron chi connectivity index (χ3n) is 6.27. The summed E-state index contributed by atoms with van der Waals surface area (Å²) in [5.74, 6) is -0.508. The Kier molecular flexibility index (Phi) is 6.57. The van der Waals surface area contributed by atoms with Crippen LogP contribution in [0.25, 0.3) is 5.76 Å². The van der Waals surface area contributed by atoms with E-state index in [2.05, 4.69) is 20.8 Å². The lowest BCUT2D eigenvalue weighted by molar-refractivity contribution is -0.140. The van der Waals surface area contributed by atoms with Crippen LogP contribution >= 0.6 is 0 Å². The summed E-state index contributed by atoms with van der Waals surface area (Å²) in [5.41, 5.74) is 3.04. The first-order valence-electron chi connectivity index (χ1n) is 11.8. The number of aliphatic hydroxyl groups excluding tert-OH is 1. The lowest BCUT2D eigenvalue weighted by atomic mass is 9.84. The van der Waals surface area contributed by atoms with Gasteiger partial charge in [-0.15, -0.1) is 0 Å². The average Bonchev–Trinajstić information content (AvgIpc) is 3.41. The number of likely N-dealkylation sites (tertiary alicyclic amines) is 1. The molecule has 1 amide bonds. The number of benzene rings is 2. The van der Waals surface area contributed by atoms with E-state index in [0.29, 0.717) is 23.7 Å². The molecule has 6 heteroatoms. The zero-order chi connectivity index (χ0) is 25.3. The molecule has 3 aromatic rings. The third-order valence-corrected chi connectivity index (χ3v) is 6.27. The Bertz CT molecular complexity index is 1280. The van der Waals surface area contributed by atoms with Crippen LogP contribution in [0.1, 0.15) is 61.8 Å². The zero-order valence-electron chi connectivity index (χ0n) is 20.8. The number of rotatable bonds is 6. The molecule has 182 valence electrons. The highest BCUT2D eigenvalue weighted by Gasteiger charge is 2.47. The minimum Gasteiger partial charge on any atom is -0.507 e. The number of amides is 1. The molecule has 1 aliphatic heterocycles. The zero-order valence-corrected chi connectivity index (χ0v) is 20.8. The second-order valence-electron chi connectivity index (χ2n) is 9.80. The topological polar surface area (TPSA) is 80.0 Å². The van der Waals surface area contributed by atoms with Gasteiger partial charge >= 0.3 is 0 Å². The molecule has 0 radical (unpaired) electrons. The number of Topliss-reactive ketones (excluding diaryl/α,β-unsaturated/α-hetero) is 1. The third kappa shape index (κ3) is 4.74. The second kappa shape index (κ2) is 9.45. The van der Waals surface area contributed by atoms with Gasteiger partial charge in [-0.1, -0.05) is 45.0 Å². The van der Waals surface area contributed by atoms with Crippen molar-refractivity contribution in [2.24, 2.45) is 0 Å². The molecule has 0 aliphatic carbocycles. The number of hydrogen-bond acceptors (Lipinski definition) is 5. The van der Waals surface area contributed by atoms with Gasteiger partial charge in [0.1, 0.15) is 23.3 Å². The number of ketones is 1. The van der Waals surface area contributed by atoms with E-state index in [1.165, 1.54) is 11.2 Å². The van der Waals surface area contributed by atoms with Crippen LogP contribution in [0.15, 0.2) is 70.9 Å². The molecule has 1 N–H and O–H groups in total. The van der Waals surface area contributed by atoms with Gasteiger partial charge in [0.25, 0.3) is 11.7 Å². The summed E-state index contributed by atoms with van der Waals surface area (Å²) >= 11 is 0. The second-order valence-corrected chi connectivity index (χ2v) is 9.80. The number of aliphatic hydroxyl groups is 1. The van der Waals surface area contributed by atoms with Crippen molar-refractivity contribution < 1.29 is 23.8 Å². The van der Waals surface area contributed by atoms with Crippen molar-refractivity contribution in [2.45, 2.75) is 52.6 Å². The Balaban J connectivity index is 1.83. The van der Waals surface area contributed by atoms with E-state index in [0.717, 1.165) is 16.7 Å². The molecule has 35 heavy (non-hydrogen) atoms. The maximum absolute atomic E-state index is 13.3. The molecule has 1 saturated heterocycles. The number of carbonyl (C=O) groups excluding carboxylic acids is 2. The summed E-state index contributed by atoms with van der Waals surface area (Å²) in [6, 6.07) is 15.8. The first kappa shape index (κ1) is 24.3. The SMILES string of the molecule is CCOc1cccc(CN2C(=O)C(=O)/C(=C(/O)c3cc(C(C)(C)C)ccc3C)C2c2ccco2)c1. The number of hydrogen-bond donors (Lipinski definition) is 1. The van der Waals surface area contributed by atoms with E-state index in [4.69, 9.17) is 9.15 Å². The summed E-state index contributed by atoms with van der Waals surface area (Å²) < 4.78 is 11.2. The molecule has 1 unspecified atom stereocenters. The Morgan fingerprint density at radius 2 is 1.86 bits per heavy atom. The summed E-state index contributed by atoms with van der Waals surface area (Å²) in [6.45, 7) is 10.7.